The molecule has 0 aromatic heterocycles. The summed E-state index contributed by atoms with van der Waals surface area (Å²) in [4.78, 5) is 12.2. The van der Waals surface area contributed by atoms with E-state index in [4.69, 9.17) is 5.73 Å². The maximum Gasteiger partial charge on any atom is 0.251 e. The lowest BCUT2D eigenvalue weighted by atomic mass is 9.84. The molecule has 3 N–H and O–H groups in total. The van der Waals surface area contributed by atoms with E-state index in [1.54, 1.807) is 18.2 Å². The molecule has 0 saturated carbocycles. The Labute approximate surface area is 142 Å². The van der Waals surface area contributed by atoms with Gasteiger partial charge in [0.1, 0.15) is 5.82 Å². The van der Waals surface area contributed by atoms with Gasteiger partial charge in [-0.2, -0.15) is 0 Å². The molecule has 2 rings (SSSR count). The number of hydrogen-bond donors (Lipinski definition) is 2. The zero-order chi connectivity index (χ0) is 16.2. The molecule has 0 radical (unpaired) electrons. The van der Waals surface area contributed by atoms with Gasteiger partial charge in [0.25, 0.3) is 5.91 Å². The summed E-state index contributed by atoms with van der Waals surface area (Å²) in [5.41, 5.74) is 7.61. The molecule has 0 bridgehead atoms. The average molecular weight is 337 g/mol. The van der Waals surface area contributed by atoms with Gasteiger partial charge < -0.3 is 11.1 Å². The predicted octanol–water partition coefficient (Wildman–Crippen LogP) is 3.41. The summed E-state index contributed by atoms with van der Waals surface area (Å²) in [5, 5.41) is 2.90. The Morgan fingerprint density at radius 2 is 1.83 bits per heavy atom. The van der Waals surface area contributed by atoms with Crippen molar-refractivity contribution in [3.05, 3.63) is 71.0 Å². The lowest BCUT2D eigenvalue weighted by Crippen LogP contribution is -2.36. The van der Waals surface area contributed by atoms with Crippen LogP contribution < -0.4 is 11.1 Å². The third kappa shape index (κ3) is 5.05. The molecular weight excluding hydrogens is 315 g/mol. The molecule has 2 aromatic carbocycles. The SMILES string of the molecule is CC(C)(CNC(=O)c1ccc(CN)cc1)c1cccc(F)c1.Cl. The van der Waals surface area contributed by atoms with Gasteiger partial charge in [-0.15, -0.1) is 12.4 Å². The Kier molecular flexibility index (Phi) is 6.73. The van der Waals surface area contributed by atoms with Crippen molar-refractivity contribution in [2.75, 3.05) is 6.54 Å². The quantitative estimate of drug-likeness (QED) is 0.879. The molecule has 1 amide bonds. The Hall–Kier alpha value is -1.91. The first kappa shape index (κ1) is 19.1. The number of nitrogens with one attached hydrogen (secondary N) is 1. The number of halogens is 2. The van der Waals surface area contributed by atoms with Crippen LogP contribution in [0.2, 0.25) is 0 Å². The minimum Gasteiger partial charge on any atom is -0.351 e. The smallest absolute Gasteiger partial charge is 0.251 e. The second kappa shape index (κ2) is 8.09. The summed E-state index contributed by atoms with van der Waals surface area (Å²) in [5.74, 6) is -0.415. The highest BCUT2D eigenvalue weighted by atomic mass is 35.5. The number of carbonyl (C=O) groups excluding carboxylic acids is 1. The van der Waals surface area contributed by atoms with Crippen LogP contribution in [0.1, 0.15) is 35.3 Å². The molecule has 0 aliphatic heterocycles. The molecule has 5 heteroatoms. The molecule has 0 aliphatic rings. The van der Waals surface area contributed by atoms with Crippen LogP contribution in [-0.2, 0) is 12.0 Å². The molecule has 0 spiro atoms. The zero-order valence-corrected chi connectivity index (χ0v) is 14.1. The Balaban J connectivity index is 0.00000264. The fraction of sp³-hybridized carbons (Fsp3) is 0.278. The van der Waals surface area contributed by atoms with Gasteiger partial charge in [-0.05, 0) is 35.4 Å². The van der Waals surface area contributed by atoms with Crippen molar-refractivity contribution in [3.8, 4) is 0 Å². The molecule has 0 unspecified atom stereocenters. The number of rotatable bonds is 5. The third-order valence-electron chi connectivity index (χ3n) is 3.75. The van der Waals surface area contributed by atoms with Crippen molar-refractivity contribution in [3.63, 3.8) is 0 Å². The van der Waals surface area contributed by atoms with Crippen LogP contribution in [0, 0.1) is 5.82 Å². The number of carbonyl (C=O) groups is 1. The van der Waals surface area contributed by atoms with Gasteiger partial charge in [-0.25, -0.2) is 4.39 Å². The van der Waals surface area contributed by atoms with Crippen LogP contribution in [-0.4, -0.2) is 12.5 Å². The largest absolute Gasteiger partial charge is 0.351 e. The van der Waals surface area contributed by atoms with Crippen LogP contribution >= 0.6 is 12.4 Å². The van der Waals surface area contributed by atoms with E-state index in [1.165, 1.54) is 12.1 Å². The summed E-state index contributed by atoms with van der Waals surface area (Å²) < 4.78 is 13.3. The van der Waals surface area contributed by atoms with Crippen molar-refractivity contribution >= 4 is 18.3 Å². The molecule has 0 saturated heterocycles. The summed E-state index contributed by atoms with van der Waals surface area (Å²) in [6.45, 7) is 4.82. The van der Waals surface area contributed by atoms with Gasteiger partial charge >= 0.3 is 0 Å². The van der Waals surface area contributed by atoms with Gasteiger partial charge in [-0.1, -0.05) is 38.1 Å². The normalized spacial score (nSPS) is 10.8. The summed E-state index contributed by atoms with van der Waals surface area (Å²) in [6, 6.07) is 13.7. The second-order valence-electron chi connectivity index (χ2n) is 5.98. The first-order valence-corrected chi connectivity index (χ1v) is 7.25. The van der Waals surface area contributed by atoms with Gasteiger partial charge in [0.2, 0.25) is 0 Å². The standard InChI is InChI=1S/C18H21FN2O.ClH/c1-18(2,15-4-3-5-16(19)10-15)12-21-17(22)14-8-6-13(11-20)7-9-14;/h3-10H,11-12,20H2,1-2H3,(H,21,22);1H. The van der Waals surface area contributed by atoms with E-state index in [0.717, 1.165) is 11.1 Å². The van der Waals surface area contributed by atoms with E-state index in [9.17, 15) is 9.18 Å². The number of nitrogens with two attached hydrogens (primary N) is 1. The Bertz CT molecular complexity index is 656. The van der Waals surface area contributed by atoms with Crippen molar-refractivity contribution in [1.82, 2.24) is 5.32 Å². The van der Waals surface area contributed by atoms with Gasteiger partial charge in [0.05, 0.1) is 0 Å². The van der Waals surface area contributed by atoms with E-state index in [2.05, 4.69) is 5.32 Å². The molecule has 0 heterocycles. The van der Waals surface area contributed by atoms with E-state index in [0.29, 0.717) is 18.7 Å². The Morgan fingerprint density at radius 1 is 1.17 bits per heavy atom. The first-order valence-electron chi connectivity index (χ1n) is 7.25. The third-order valence-corrected chi connectivity index (χ3v) is 3.75. The van der Waals surface area contributed by atoms with Crippen molar-refractivity contribution in [2.24, 2.45) is 5.73 Å². The van der Waals surface area contributed by atoms with Crippen molar-refractivity contribution < 1.29 is 9.18 Å². The van der Waals surface area contributed by atoms with E-state index < -0.39 is 0 Å². The highest BCUT2D eigenvalue weighted by Crippen LogP contribution is 2.23. The predicted molar refractivity (Wildman–Crippen MR) is 93.3 cm³/mol. The van der Waals surface area contributed by atoms with Crippen LogP contribution in [0.3, 0.4) is 0 Å². The lowest BCUT2D eigenvalue weighted by molar-refractivity contribution is 0.0945. The summed E-state index contributed by atoms with van der Waals surface area (Å²) >= 11 is 0. The second-order valence-corrected chi connectivity index (χ2v) is 5.98. The summed E-state index contributed by atoms with van der Waals surface area (Å²) in [6.07, 6.45) is 0. The van der Waals surface area contributed by atoms with E-state index >= 15 is 0 Å². The minimum absolute atomic E-state index is 0. The Morgan fingerprint density at radius 3 is 2.39 bits per heavy atom. The monoisotopic (exact) mass is 336 g/mol. The molecule has 0 atom stereocenters. The van der Waals surface area contributed by atoms with Crippen LogP contribution in [0.5, 0.6) is 0 Å². The topological polar surface area (TPSA) is 55.1 Å². The molecule has 0 fully saturated rings. The fourth-order valence-electron chi connectivity index (χ4n) is 2.21. The maximum atomic E-state index is 13.3. The molecule has 2 aromatic rings. The van der Waals surface area contributed by atoms with Crippen molar-refractivity contribution in [1.29, 1.82) is 0 Å². The zero-order valence-electron chi connectivity index (χ0n) is 13.3. The number of hydrogen-bond acceptors (Lipinski definition) is 2. The lowest BCUT2D eigenvalue weighted by Gasteiger charge is -2.25. The van der Waals surface area contributed by atoms with E-state index in [-0.39, 0.29) is 29.5 Å². The first-order chi connectivity index (χ1) is 10.4. The minimum atomic E-state index is -0.352. The highest BCUT2D eigenvalue weighted by Gasteiger charge is 2.22. The van der Waals surface area contributed by atoms with Crippen LogP contribution in [0.25, 0.3) is 0 Å². The molecule has 3 nitrogen and oxygen atoms in total. The van der Waals surface area contributed by atoms with Crippen LogP contribution in [0.4, 0.5) is 4.39 Å². The highest BCUT2D eigenvalue weighted by molar-refractivity contribution is 5.94. The van der Waals surface area contributed by atoms with E-state index in [1.807, 2.05) is 32.0 Å². The molecule has 23 heavy (non-hydrogen) atoms. The van der Waals surface area contributed by atoms with Crippen molar-refractivity contribution in [2.45, 2.75) is 25.8 Å². The fourth-order valence-corrected chi connectivity index (χ4v) is 2.21. The molecule has 124 valence electrons. The maximum absolute atomic E-state index is 13.3. The number of amides is 1. The van der Waals surface area contributed by atoms with Gasteiger partial charge in [0, 0.05) is 24.1 Å². The average Bonchev–Trinajstić information content (AvgIpc) is 2.53. The molecule has 0 aliphatic carbocycles. The van der Waals surface area contributed by atoms with Gasteiger partial charge in [0.15, 0.2) is 0 Å². The van der Waals surface area contributed by atoms with Gasteiger partial charge in [-0.3, -0.25) is 4.79 Å². The summed E-state index contributed by atoms with van der Waals surface area (Å²) in [7, 11) is 0. The molecular formula is C18H22ClFN2O. The number of benzene rings is 2. The van der Waals surface area contributed by atoms with Crippen LogP contribution in [0.15, 0.2) is 48.5 Å².